The molecule has 3 N–H and O–H groups in total. The highest BCUT2D eigenvalue weighted by Gasteiger charge is 2.05. The van der Waals surface area contributed by atoms with Crippen LogP contribution >= 0.6 is 24.0 Å². The Hall–Kier alpha value is -0.970. The van der Waals surface area contributed by atoms with Gasteiger partial charge in [0, 0.05) is 18.1 Å². The molecule has 2 aromatic rings. The number of benzene rings is 1. The van der Waals surface area contributed by atoms with Crippen LogP contribution in [-0.2, 0) is 6.54 Å². The van der Waals surface area contributed by atoms with Gasteiger partial charge in [-0.05, 0) is 18.2 Å². The number of nitrogens with two attached hydrogens (primary N) is 1. The average Bonchev–Trinajstić information content (AvgIpc) is 2.43. The number of fused-ring (bicyclic) bond motifs is 1. The summed E-state index contributed by atoms with van der Waals surface area (Å²) in [7, 11) is 0. The van der Waals surface area contributed by atoms with Crippen molar-refractivity contribution in [1.29, 1.82) is 0 Å². The number of halogens is 2. The summed E-state index contributed by atoms with van der Waals surface area (Å²) in [6.07, 6.45) is 0. The molecule has 4 nitrogen and oxygen atoms in total. The van der Waals surface area contributed by atoms with Crippen LogP contribution in [0.4, 0.5) is 0 Å². The van der Waals surface area contributed by atoms with Crippen molar-refractivity contribution in [2.75, 3.05) is 6.54 Å². The molecule has 0 saturated carbocycles. The Morgan fingerprint density at radius 3 is 2.87 bits per heavy atom. The van der Waals surface area contributed by atoms with Gasteiger partial charge in [-0.2, -0.15) is 0 Å². The summed E-state index contributed by atoms with van der Waals surface area (Å²) in [6, 6.07) is 5.29. The topological polar surface area (TPSA) is 63.8 Å². The molecular formula is C9H11Cl2N3O. The fraction of sp³-hybridized carbons (Fsp3) is 0.222. The molecule has 1 aromatic heterocycles. The van der Waals surface area contributed by atoms with E-state index in [-0.39, 0.29) is 18.1 Å². The van der Waals surface area contributed by atoms with Crippen molar-refractivity contribution in [3.63, 3.8) is 0 Å². The summed E-state index contributed by atoms with van der Waals surface area (Å²) in [5, 5.41) is 0.610. The van der Waals surface area contributed by atoms with Crippen LogP contribution in [-0.4, -0.2) is 16.1 Å². The standard InChI is InChI=1S/C9H10ClN3O.ClH/c10-6-1-2-8-7(5-6)12-9(14)13(8)4-3-11;/h1-2,5H,3-4,11H2,(H,12,14);1H. The van der Waals surface area contributed by atoms with Gasteiger partial charge in [-0.15, -0.1) is 12.4 Å². The molecule has 0 amide bonds. The first-order chi connectivity index (χ1) is 6.72. The number of hydrogen-bond acceptors (Lipinski definition) is 2. The molecule has 1 heterocycles. The van der Waals surface area contributed by atoms with Crippen molar-refractivity contribution in [3.8, 4) is 0 Å². The van der Waals surface area contributed by atoms with Crippen LogP contribution in [0.2, 0.25) is 5.02 Å². The van der Waals surface area contributed by atoms with Gasteiger partial charge in [-0.3, -0.25) is 4.57 Å². The van der Waals surface area contributed by atoms with E-state index in [0.29, 0.717) is 18.1 Å². The summed E-state index contributed by atoms with van der Waals surface area (Å²) in [5.41, 5.74) is 6.85. The highest BCUT2D eigenvalue weighted by molar-refractivity contribution is 6.31. The minimum absolute atomic E-state index is 0. The first-order valence-corrected chi connectivity index (χ1v) is 4.68. The number of H-pyrrole nitrogens is 1. The second-order valence-corrected chi connectivity index (χ2v) is 3.47. The highest BCUT2D eigenvalue weighted by atomic mass is 35.5. The third kappa shape index (κ3) is 2.17. The van der Waals surface area contributed by atoms with Gasteiger partial charge in [0.2, 0.25) is 0 Å². The van der Waals surface area contributed by atoms with Crippen molar-refractivity contribution in [2.24, 2.45) is 5.73 Å². The van der Waals surface area contributed by atoms with E-state index in [1.165, 1.54) is 0 Å². The molecule has 6 heteroatoms. The Morgan fingerprint density at radius 2 is 2.20 bits per heavy atom. The van der Waals surface area contributed by atoms with Gasteiger partial charge in [0.05, 0.1) is 11.0 Å². The monoisotopic (exact) mass is 247 g/mol. The molecule has 0 spiro atoms. The Kier molecular flexibility index (Phi) is 3.79. The zero-order valence-electron chi connectivity index (χ0n) is 7.87. The van der Waals surface area contributed by atoms with Gasteiger partial charge in [-0.25, -0.2) is 4.79 Å². The molecule has 1 aromatic carbocycles. The second-order valence-electron chi connectivity index (χ2n) is 3.03. The molecule has 82 valence electrons. The second kappa shape index (κ2) is 4.70. The molecule has 0 aliphatic rings. The number of hydrogen-bond donors (Lipinski definition) is 2. The van der Waals surface area contributed by atoms with Gasteiger partial charge < -0.3 is 10.7 Å². The van der Waals surface area contributed by atoms with E-state index in [0.717, 1.165) is 11.0 Å². The molecule has 15 heavy (non-hydrogen) atoms. The fourth-order valence-corrected chi connectivity index (χ4v) is 1.66. The first-order valence-electron chi connectivity index (χ1n) is 4.30. The summed E-state index contributed by atoms with van der Waals surface area (Å²) >= 11 is 5.80. The summed E-state index contributed by atoms with van der Waals surface area (Å²) in [5.74, 6) is 0. The fourth-order valence-electron chi connectivity index (χ4n) is 1.49. The zero-order chi connectivity index (χ0) is 10.1. The van der Waals surface area contributed by atoms with E-state index in [1.807, 2.05) is 6.07 Å². The van der Waals surface area contributed by atoms with Gasteiger partial charge in [-0.1, -0.05) is 11.6 Å². The predicted molar refractivity (Wildman–Crippen MR) is 63.9 cm³/mol. The number of rotatable bonds is 2. The normalized spacial score (nSPS) is 10.3. The van der Waals surface area contributed by atoms with Crippen LogP contribution in [0.15, 0.2) is 23.0 Å². The van der Waals surface area contributed by atoms with Crippen LogP contribution in [0.5, 0.6) is 0 Å². The van der Waals surface area contributed by atoms with E-state index in [4.69, 9.17) is 17.3 Å². The number of nitrogens with zero attached hydrogens (tertiary/aromatic N) is 1. The van der Waals surface area contributed by atoms with Crippen molar-refractivity contribution in [1.82, 2.24) is 9.55 Å². The van der Waals surface area contributed by atoms with Gasteiger partial charge in [0.1, 0.15) is 0 Å². The molecule has 0 radical (unpaired) electrons. The maximum absolute atomic E-state index is 11.4. The predicted octanol–water partition coefficient (Wildman–Crippen LogP) is 1.36. The molecule has 0 atom stereocenters. The van der Waals surface area contributed by atoms with Crippen LogP contribution in [0.25, 0.3) is 11.0 Å². The Labute approximate surface area is 97.4 Å². The molecule has 0 saturated heterocycles. The minimum Gasteiger partial charge on any atom is -0.329 e. The third-order valence-corrected chi connectivity index (χ3v) is 2.32. The quantitative estimate of drug-likeness (QED) is 0.842. The van der Waals surface area contributed by atoms with Crippen LogP contribution in [0.1, 0.15) is 0 Å². The van der Waals surface area contributed by atoms with E-state index < -0.39 is 0 Å². The van der Waals surface area contributed by atoms with E-state index >= 15 is 0 Å². The van der Waals surface area contributed by atoms with Gasteiger partial charge in [0.15, 0.2) is 0 Å². The summed E-state index contributed by atoms with van der Waals surface area (Å²) in [4.78, 5) is 14.2. The maximum Gasteiger partial charge on any atom is 0.326 e. The van der Waals surface area contributed by atoms with Crippen LogP contribution in [0, 0.1) is 0 Å². The van der Waals surface area contributed by atoms with E-state index in [1.54, 1.807) is 16.7 Å². The molecular weight excluding hydrogens is 237 g/mol. The third-order valence-electron chi connectivity index (χ3n) is 2.09. The van der Waals surface area contributed by atoms with Crippen molar-refractivity contribution in [3.05, 3.63) is 33.7 Å². The Bertz CT molecular complexity index is 518. The Morgan fingerprint density at radius 1 is 1.47 bits per heavy atom. The summed E-state index contributed by atoms with van der Waals surface area (Å²) < 4.78 is 1.60. The number of aromatic amines is 1. The minimum atomic E-state index is -0.146. The molecule has 0 unspecified atom stereocenters. The lowest BCUT2D eigenvalue weighted by Crippen LogP contribution is -2.21. The van der Waals surface area contributed by atoms with Gasteiger partial charge in [0.25, 0.3) is 0 Å². The largest absolute Gasteiger partial charge is 0.329 e. The van der Waals surface area contributed by atoms with Crippen molar-refractivity contribution < 1.29 is 0 Å². The summed E-state index contributed by atoms with van der Waals surface area (Å²) in [6.45, 7) is 0.954. The highest BCUT2D eigenvalue weighted by Crippen LogP contribution is 2.15. The SMILES string of the molecule is Cl.NCCn1c(=O)[nH]c2cc(Cl)ccc21. The lowest BCUT2D eigenvalue weighted by molar-refractivity contribution is 0.703. The van der Waals surface area contributed by atoms with E-state index in [2.05, 4.69) is 4.98 Å². The maximum atomic E-state index is 11.4. The van der Waals surface area contributed by atoms with Crippen molar-refractivity contribution >= 4 is 35.0 Å². The number of aromatic nitrogens is 2. The first kappa shape index (κ1) is 12.1. The van der Waals surface area contributed by atoms with Gasteiger partial charge >= 0.3 is 5.69 Å². The molecule has 2 rings (SSSR count). The van der Waals surface area contributed by atoms with Crippen molar-refractivity contribution in [2.45, 2.75) is 6.54 Å². The number of imidazole rings is 1. The lowest BCUT2D eigenvalue weighted by atomic mass is 10.3. The molecule has 0 aliphatic carbocycles. The Balaban J connectivity index is 0.00000112. The smallest absolute Gasteiger partial charge is 0.326 e. The average molecular weight is 248 g/mol. The molecule has 0 fully saturated rings. The molecule has 0 aliphatic heterocycles. The lowest BCUT2D eigenvalue weighted by Gasteiger charge is -1.99. The number of nitrogens with one attached hydrogen (secondary N) is 1. The van der Waals surface area contributed by atoms with Crippen LogP contribution < -0.4 is 11.4 Å². The van der Waals surface area contributed by atoms with Crippen LogP contribution in [0.3, 0.4) is 0 Å². The van der Waals surface area contributed by atoms with E-state index in [9.17, 15) is 4.79 Å². The molecule has 0 bridgehead atoms. The zero-order valence-corrected chi connectivity index (χ0v) is 9.44.